The Morgan fingerprint density at radius 2 is 2.26 bits per heavy atom. The topological polar surface area (TPSA) is 91.1 Å². The molecule has 0 radical (unpaired) electrons. The molecular formula is C15H20ClN5O2. The maximum atomic E-state index is 12.3. The molecule has 1 fully saturated rings. The Kier molecular flexibility index (Phi) is 5.26. The zero-order valence-corrected chi connectivity index (χ0v) is 14.2. The molecule has 0 aliphatic carbocycles. The highest BCUT2D eigenvalue weighted by Gasteiger charge is 2.30. The van der Waals surface area contributed by atoms with Gasteiger partial charge in [-0.25, -0.2) is 9.78 Å². The second kappa shape index (κ2) is 7.01. The van der Waals surface area contributed by atoms with Crippen LogP contribution >= 0.6 is 11.6 Å². The van der Waals surface area contributed by atoms with Crippen LogP contribution in [0.4, 0.5) is 10.7 Å². The zero-order chi connectivity index (χ0) is 17.0. The highest BCUT2D eigenvalue weighted by Crippen LogP contribution is 2.22. The predicted octanol–water partition coefficient (Wildman–Crippen LogP) is 3.16. The summed E-state index contributed by atoms with van der Waals surface area (Å²) in [5.41, 5.74) is -0.335. The summed E-state index contributed by atoms with van der Waals surface area (Å²) >= 11 is 5.91. The fourth-order valence-corrected chi connectivity index (χ4v) is 2.45. The number of nitrogens with zero attached hydrogens (tertiary/aromatic N) is 4. The van der Waals surface area contributed by atoms with Crippen molar-refractivity contribution in [3.8, 4) is 6.07 Å². The summed E-state index contributed by atoms with van der Waals surface area (Å²) in [6.45, 7) is 6.11. The van der Waals surface area contributed by atoms with Crippen molar-refractivity contribution < 1.29 is 9.53 Å². The fraction of sp³-hybridized carbons (Fsp3) is 0.600. The summed E-state index contributed by atoms with van der Waals surface area (Å²) in [4.78, 5) is 22.1. The Morgan fingerprint density at radius 3 is 2.87 bits per heavy atom. The largest absolute Gasteiger partial charge is 0.444 e. The molecule has 1 aromatic rings. The monoisotopic (exact) mass is 337 g/mol. The molecule has 1 amide bonds. The Hall–Kier alpha value is -2.07. The van der Waals surface area contributed by atoms with Gasteiger partial charge in [0.25, 0.3) is 0 Å². The summed E-state index contributed by atoms with van der Waals surface area (Å²) < 4.78 is 5.44. The van der Waals surface area contributed by atoms with Gasteiger partial charge in [0, 0.05) is 6.54 Å². The first-order chi connectivity index (χ1) is 10.8. The molecule has 2 heterocycles. The van der Waals surface area contributed by atoms with Crippen molar-refractivity contribution >= 4 is 23.6 Å². The predicted molar refractivity (Wildman–Crippen MR) is 86.0 cm³/mol. The number of amides is 1. The minimum atomic E-state index is -0.548. The van der Waals surface area contributed by atoms with E-state index in [9.17, 15) is 4.79 Å². The Balaban J connectivity index is 2.11. The van der Waals surface area contributed by atoms with Crippen molar-refractivity contribution in [1.82, 2.24) is 14.9 Å². The first kappa shape index (κ1) is 17.3. The van der Waals surface area contributed by atoms with Gasteiger partial charge in [0.15, 0.2) is 5.15 Å². The third-order valence-electron chi connectivity index (χ3n) is 3.29. The zero-order valence-electron chi connectivity index (χ0n) is 13.5. The number of piperidine rings is 1. The van der Waals surface area contributed by atoms with Gasteiger partial charge in [0.05, 0.1) is 6.20 Å². The molecule has 1 unspecified atom stereocenters. The van der Waals surface area contributed by atoms with Gasteiger partial charge < -0.3 is 10.1 Å². The minimum Gasteiger partial charge on any atom is -0.444 e. The molecule has 0 aromatic carbocycles. The lowest BCUT2D eigenvalue weighted by Crippen LogP contribution is -2.49. The number of carbonyl (C=O) groups excluding carboxylic acids is 1. The standard InChI is InChI=1S/C15H20ClN5O2/c1-15(2,3)23-14(22)21-7-5-4-6-11(21)19-13-18-9-10(8-17)12(16)20-13/h9,11H,4-7H2,1-3H3,(H,18,19,20). The summed E-state index contributed by atoms with van der Waals surface area (Å²) in [6, 6.07) is 1.91. The van der Waals surface area contributed by atoms with E-state index in [1.54, 1.807) is 4.90 Å². The molecular weight excluding hydrogens is 318 g/mol. The molecule has 1 saturated heterocycles. The molecule has 1 aromatic heterocycles. The van der Waals surface area contributed by atoms with Crippen molar-refractivity contribution in [3.63, 3.8) is 0 Å². The van der Waals surface area contributed by atoms with Gasteiger partial charge in [-0.2, -0.15) is 10.2 Å². The molecule has 23 heavy (non-hydrogen) atoms. The number of halogens is 1. The van der Waals surface area contributed by atoms with E-state index >= 15 is 0 Å². The number of rotatable bonds is 2. The number of hydrogen-bond donors (Lipinski definition) is 1. The van der Waals surface area contributed by atoms with Crippen molar-refractivity contribution in [2.75, 3.05) is 11.9 Å². The third kappa shape index (κ3) is 4.70. The SMILES string of the molecule is CC(C)(C)OC(=O)N1CCCCC1Nc1ncc(C#N)c(Cl)n1. The summed E-state index contributed by atoms with van der Waals surface area (Å²) in [5.74, 6) is 0.287. The minimum absolute atomic E-state index is 0.0876. The number of hydrogen-bond acceptors (Lipinski definition) is 6. The van der Waals surface area contributed by atoms with Crippen LogP contribution in [-0.2, 0) is 4.74 Å². The average molecular weight is 338 g/mol. The molecule has 8 heteroatoms. The van der Waals surface area contributed by atoms with Crippen LogP contribution in [0.15, 0.2) is 6.20 Å². The van der Waals surface area contributed by atoms with E-state index in [1.165, 1.54) is 6.20 Å². The Morgan fingerprint density at radius 1 is 1.52 bits per heavy atom. The smallest absolute Gasteiger partial charge is 0.411 e. The average Bonchev–Trinajstić information content (AvgIpc) is 2.46. The van der Waals surface area contributed by atoms with Crippen LogP contribution in [0.25, 0.3) is 0 Å². The number of ether oxygens (including phenoxy) is 1. The second-order valence-electron chi connectivity index (χ2n) is 6.34. The van der Waals surface area contributed by atoms with Crippen LogP contribution in [-0.4, -0.2) is 39.3 Å². The first-order valence-corrected chi connectivity index (χ1v) is 7.87. The quantitative estimate of drug-likeness (QED) is 0.833. The maximum Gasteiger partial charge on any atom is 0.411 e. The lowest BCUT2D eigenvalue weighted by atomic mass is 10.1. The van der Waals surface area contributed by atoms with Crippen molar-refractivity contribution in [2.45, 2.75) is 51.8 Å². The Bertz CT molecular complexity index is 623. The van der Waals surface area contributed by atoms with E-state index in [0.29, 0.717) is 6.54 Å². The number of anilines is 1. The molecule has 0 saturated carbocycles. The van der Waals surface area contributed by atoms with Crippen molar-refractivity contribution in [1.29, 1.82) is 5.26 Å². The van der Waals surface area contributed by atoms with E-state index in [2.05, 4.69) is 15.3 Å². The van der Waals surface area contributed by atoms with Crippen LogP contribution in [0.2, 0.25) is 5.15 Å². The van der Waals surface area contributed by atoms with Crippen molar-refractivity contribution in [3.05, 3.63) is 16.9 Å². The summed E-state index contributed by atoms with van der Waals surface area (Å²) in [5, 5.41) is 12.0. The highest BCUT2D eigenvalue weighted by atomic mass is 35.5. The number of nitrogens with one attached hydrogen (secondary N) is 1. The first-order valence-electron chi connectivity index (χ1n) is 7.49. The summed E-state index contributed by atoms with van der Waals surface area (Å²) in [6.07, 6.45) is 3.41. The van der Waals surface area contributed by atoms with Gasteiger partial charge in [-0.15, -0.1) is 0 Å². The molecule has 1 atom stereocenters. The van der Waals surface area contributed by atoms with Gasteiger partial charge in [0.1, 0.15) is 23.4 Å². The van der Waals surface area contributed by atoms with E-state index in [4.69, 9.17) is 21.6 Å². The molecule has 0 spiro atoms. The number of nitriles is 1. The number of carbonyl (C=O) groups is 1. The van der Waals surface area contributed by atoms with Crippen molar-refractivity contribution in [2.24, 2.45) is 0 Å². The van der Waals surface area contributed by atoms with E-state index in [1.807, 2.05) is 26.8 Å². The van der Waals surface area contributed by atoms with E-state index in [0.717, 1.165) is 19.3 Å². The molecule has 124 valence electrons. The van der Waals surface area contributed by atoms with Crippen LogP contribution in [0.3, 0.4) is 0 Å². The lowest BCUT2D eigenvalue weighted by molar-refractivity contribution is 0.0129. The molecule has 2 rings (SSSR count). The van der Waals surface area contributed by atoms with Gasteiger partial charge in [-0.3, -0.25) is 4.90 Å². The Labute approximate surface area is 140 Å². The van der Waals surface area contributed by atoms with Gasteiger partial charge in [-0.05, 0) is 40.0 Å². The van der Waals surface area contributed by atoms with Crippen LogP contribution in [0.1, 0.15) is 45.6 Å². The van der Waals surface area contributed by atoms with Crippen LogP contribution in [0, 0.1) is 11.3 Å². The molecule has 1 aliphatic heterocycles. The number of likely N-dealkylation sites (tertiary alicyclic amines) is 1. The fourth-order valence-electron chi connectivity index (χ4n) is 2.28. The summed E-state index contributed by atoms with van der Waals surface area (Å²) in [7, 11) is 0. The van der Waals surface area contributed by atoms with Gasteiger partial charge in [-0.1, -0.05) is 11.6 Å². The molecule has 1 aliphatic rings. The highest BCUT2D eigenvalue weighted by molar-refractivity contribution is 6.30. The van der Waals surface area contributed by atoms with E-state index < -0.39 is 5.60 Å². The van der Waals surface area contributed by atoms with Crippen LogP contribution < -0.4 is 5.32 Å². The number of aromatic nitrogens is 2. The normalized spacial score (nSPS) is 18.2. The molecule has 7 nitrogen and oxygen atoms in total. The second-order valence-corrected chi connectivity index (χ2v) is 6.70. The third-order valence-corrected chi connectivity index (χ3v) is 3.58. The maximum absolute atomic E-state index is 12.3. The lowest BCUT2D eigenvalue weighted by Gasteiger charge is -2.36. The van der Waals surface area contributed by atoms with Gasteiger partial charge in [0.2, 0.25) is 5.95 Å². The van der Waals surface area contributed by atoms with Gasteiger partial charge >= 0.3 is 6.09 Å². The molecule has 0 bridgehead atoms. The van der Waals surface area contributed by atoms with E-state index in [-0.39, 0.29) is 28.9 Å². The molecule has 1 N–H and O–H groups in total. The van der Waals surface area contributed by atoms with Crippen LogP contribution in [0.5, 0.6) is 0 Å².